The summed E-state index contributed by atoms with van der Waals surface area (Å²) < 4.78 is 11.2. The van der Waals surface area contributed by atoms with Gasteiger partial charge in [-0.25, -0.2) is 9.99 Å². The zero-order valence-corrected chi connectivity index (χ0v) is 17.9. The van der Waals surface area contributed by atoms with Crippen LogP contribution in [0.5, 0.6) is 0 Å². The number of rotatable bonds is 5. The van der Waals surface area contributed by atoms with Gasteiger partial charge < -0.3 is 19.6 Å². The monoisotopic (exact) mass is 451 g/mol. The summed E-state index contributed by atoms with van der Waals surface area (Å²) in [6, 6.07) is 8.29. The topological polar surface area (TPSA) is 130 Å². The van der Waals surface area contributed by atoms with Crippen LogP contribution in [0.3, 0.4) is 0 Å². The summed E-state index contributed by atoms with van der Waals surface area (Å²) in [6.45, 7) is 0. The number of thioether (sulfide) groups is 1. The third kappa shape index (κ3) is 3.96. The third-order valence-electron chi connectivity index (χ3n) is 5.37. The average molecular weight is 452 g/mol. The fraction of sp³-hybridized carbons (Fsp3) is 0.227. The summed E-state index contributed by atoms with van der Waals surface area (Å²) in [5, 5.41) is 1.90. The zero-order valence-electron chi connectivity index (χ0n) is 17.0. The Morgan fingerprint density at radius 1 is 1.28 bits per heavy atom. The predicted molar refractivity (Wildman–Crippen MR) is 119 cm³/mol. The lowest BCUT2D eigenvalue weighted by molar-refractivity contribution is -0.132. The molecular formula is C22H21N5O4S. The second-order valence-electron chi connectivity index (χ2n) is 7.50. The van der Waals surface area contributed by atoms with E-state index in [1.807, 2.05) is 30.3 Å². The maximum Gasteiger partial charge on any atom is 0.253 e. The van der Waals surface area contributed by atoms with Crippen molar-refractivity contribution in [2.75, 3.05) is 11.5 Å². The second-order valence-corrected chi connectivity index (χ2v) is 8.46. The van der Waals surface area contributed by atoms with Gasteiger partial charge in [0.2, 0.25) is 0 Å². The van der Waals surface area contributed by atoms with Crippen molar-refractivity contribution in [1.29, 1.82) is 0 Å². The van der Waals surface area contributed by atoms with E-state index in [2.05, 4.69) is 15.4 Å². The normalized spacial score (nSPS) is 19.3. The number of amides is 1. The quantitative estimate of drug-likeness (QED) is 0.398. The summed E-state index contributed by atoms with van der Waals surface area (Å²) in [7, 11) is 0. The molecule has 9 nitrogen and oxygen atoms in total. The number of hydrogen-bond donors (Lipinski definition) is 3. The highest BCUT2D eigenvalue weighted by Crippen LogP contribution is 2.44. The van der Waals surface area contributed by atoms with Crippen LogP contribution in [0.1, 0.15) is 36.8 Å². The number of nitrogens with zero attached hydrogens (tertiary/aromatic N) is 2. The van der Waals surface area contributed by atoms with Gasteiger partial charge >= 0.3 is 0 Å². The molecule has 5 rings (SSSR count). The highest BCUT2D eigenvalue weighted by atomic mass is 32.2. The molecule has 10 heteroatoms. The summed E-state index contributed by atoms with van der Waals surface area (Å²) in [6.07, 6.45) is 7.95. The molecule has 1 aliphatic carbocycles. The van der Waals surface area contributed by atoms with Gasteiger partial charge in [-0.1, -0.05) is 11.8 Å². The van der Waals surface area contributed by atoms with Crippen molar-refractivity contribution < 1.29 is 13.6 Å². The first-order valence-corrected chi connectivity index (χ1v) is 11.2. The van der Waals surface area contributed by atoms with Gasteiger partial charge in [-0.05, 0) is 60.8 Å². The van der Waals surface area contributed by atoms with Gasteiger partial charge in [-0.15, -0.1) is 0 Å². The van der Waals surface area contributed by atoms with E-state index < -0.39 is 0 Å². The van der Waals surface area contributed by atoms with Crippen LogP contribution >= 0.6 is 11.8 Å². The van der Waals surface area contributed by atoms with Crippen molar-refractivity contribution in [1.82, 2.24) is 20.4 Å². The number of aromatic amines is 1. The van der Waals surface area contributed by atoms with Crippen molar-refractivity contribution >= 4 is 29.6 Å². The minimum Gasteiger partial charge on any atom is -0.467 e. The minimum absolute atomic E-state index is 0.0639. The van der Waals surface area contributed by atoms with E-state index in [-0.39, 0.29) is 29.1 Å². The summed E-state index contributed by atoms with van der Waals surface area (Å²) in [5.41, 5.74) is 11.7. The van der Waals surface area contributed by atoms with Gasteiger partial charge in [-0.2, -0.15) is 0 Å². The number of hydrazine groups is 1. The Morgan fingerprint density at radius 3 is 2.88 bits per heavy atom. The van der Waals surface area contributed by atoms with Crippen molar-refractivity contribution in [3.05, 3.63) is 81.6 Å². The molecule has 0 radical (unpaired) electrons. The molecule has 0 spiro atoms. The number of carbonyl (C=O) groups excluding carboxylic acids is 1. The van der Waals surface area contributed by atoms with E-state index in [0.29, 0.717) is 10.9 Å². The summed E-state index contributed by atoms with van der Waals surface area (Å²) in [4.78, 5) is 31.5. The lowest BCUT2D eigenvalue weighted by Gasteiger charge is -2.25. The van der Waals surface area contributed by atoms with Crippen molar-refractivity contribution in [2.24, 2.45) is 0 Å². The Morgan fingerprint density at radius 2 is 2.12 bits per heavy atom. The van der Waals surface area contributed by atoms with E-state index in [0.717, 1.165) is 53.6 Å². The van der Waals surface area contributed by atoms with Crippen LogP contribution in [0.15, 0.2) is 78.5 Å². The lowest BCUT2D eigenvalue weighted by Crippen LogP contribution is -2.41. The number of nitrogens with two attached hydrogens (primary N) is 1. The molecule has 0 aromatic carbocycles. The molecule has 2 aliphatic rings. The van der Waals surface area contributed by atoms with E-state index in [1.165, 1.54) is 6.07 Å². The Balaban J connectivity index is 1.42. The maximum atomic E-state index is 13.2. The van der Waals surface area contributed by atoms with Crippen LogP contribution in [0, 0.1) is 0 Å². The number of nitrogens with one attached hydrogen (secondary N) is 2. The van der Waals surface area contributed by atoms with E-state index in [1.54, 1.807) is 17.5 Å². The van der Waals surface area contributed by atoms with Gasteiger partial charge in [0.25, 0.3) is 11.5 Å². The van der Waals surface area contributed by atoms with Gasteiger partial charge in [-0.3, -0.25) is 15.0 Å². The standard InChI is InChI=1S/C22H21N5O4S/c23-17-11-18(28)25-22(24-17)32-12-19(29)27-21(16-7-3-9-31-16)15-6-1-4-13(20(15)26-27)10-14-5-2-8-30-14/h2-3,5,7-11,21,26H,1,4,6,12H2,(H3,23,24,25,28)/b13-10+/t21-/m0/s1. The number of carbonyl (C=O) groups is 1. The molecule has 3 aromatic heterocycles. The molecule has 0 saturated carbocycles. The van der Waals surface area contributed by atoms with Gasteiger partial charge in [0.05, 0.1) is 24.0 Å². The highest BCUT2D eigenvalue weighted by molar-refractivity contribution is 7.99. The van der Waals surface area contributed by atoms with Crippen LogP contribution < -0.4 is 16.7 Å². The van der Waals surface area contributed by atoms with Crippen LogP contribution in [0.4, 0.5) is 5.82 Å². The van der Waals surface area contributed by atoms with Crippen LogP contribution in [-0.4, -0.2) is 26.6 Å². The summed E-state index contributed by atoms with van der Waals surface area (Å²) in [5.74, 6) is 1.46. The van der Waals surface area contributed by atoms with Gasteiger partial charge in [0.1, 0.15) is 23.4 Å². The van der Waals surface area contributed by atoms with E-state index in [4.69, 9.17) is 14.6 Å². The molecule has 1 amide bonds. The molecule has 4 heterocycles. The first-order valence-electron chi connectivity index (χ1n) is 10.2. The van der Waals surface area contributed by atoms with E-state index >= 15 is 0 Å². The fourth-order valence-electron chi connectivity index (χ4n) is 4.05. The Hall–Kier alpha value is -3.66. The Bertz CT molecular complexity index is 1240. The molecule has 0 bridgehead atoms. The molecule has 1 atom stereocenters. The largest absolute Gasteiger partial charge is 0.467 e. The van der Waals surface area contributed by atoms with Crippen LogP contribution in [0.25, 0.3) is 6.08 Å². The Kier molecular flexibility index (Phi) is 5.36. The van der Waals surface area contributed by atoms with Crippen molar-refractivity contribution in [2.45, 2.75) is 30.5 Å². The molecule has 0 unspecified atom stereocenters. The van der Waals surface area contributed by atoms with Crippen LogP contribution in [-0.2, 0) is 4.79 Å². The van der Waals surface area contributed by atoms with E-state index in [9.17, 15) is 9.59 Å². The number of allylic oxidation sites excluding steroid dienone is 1. The minimum atomic E-state index is -0.356. The zero-order chi connectivity index (χ0) is 22.1. The molecule has 4 N–H and O–H groups in total. The van der Waals surface area contributed by atoms with Crippen molar-refractivity contribution in [3.8, 4) is 0 Å². The second kappa shape index (κ2) is 8.46. The number of nitrogen functional groups attached to an aromatic ring is 1. The van der Waals surface area contributed by atoms with Gasteiger partial charge in [0, 0.05) is 6.07 Å². The summed E-state index contributed by atoms with van der Waals surface area (Å²) >= 11 is 1.12. The molecule has 164 valence electrons. The average Bonchev–Trinajstić information content (AvgIpc) is 3.52. The molecule has 32 heavy (non-hydrogen) atoms. The molecule has 1 aliphatic heterocycles. The lowest BCUT2D eigenvalue weighted by atomic mass is 9.88. The smallest absolute Gasteiger partial charge is 0.253 e. The number of hydrogen-bond acceptors (Lipinski definition) is 8. The van der Waals surface area contributed by atoms with Crippen LogP contribution in [0.2, 0.25) is 0 Å². The fourth-order valence-corrected chi connectivity index (χ4v) is 4.79. The highest BCUT2D eigenvalue weighted by Gasteiger charge is 2.40. The molecule has 0 saturated heterocycles. The maximum absolute atomic E-state index is 13.2. The number of furan rings is 2. The molecular weight excluding hydrogens is 430 g/mol. The molecule has 0 fully saturated rings. The Labute approximate surface area is 187 Å². The first kappa shape index (κ1) is 20.3. The number of H-pyrrole nitrogens is 1. The third-order valence-corrected chi connectivity index (χ3v) is 6.23. The number of anilines is 1. The predicted octanol–water partition coefficient (Wildman–Crippen LogP) is 3.24. The molecule has 3 aromatic rings. The number of aromatic nitrogens is 2. The van der Waals surface area contributed by atoms with Gasteiger partial charge in [0.15, 0.2) is 5.16 Å². The van der Waals surface area contributed by atoms with Crippen molar-refractivity contribution in [3.63, 3.8) is 0 Å². The SMILES string of the molecule is Nc1cc(=O)[nH]c(SCC(=O)N2NC3=C(CCC/C3=C\c3ccco3)[C@H]2c2ccco2)n1. The first-order chi connectivity index (χ1) is 15.6.